The average Bonchev–Trinajstić information content (AvgIpc) is 2.76. The number of piperidine rings is 1. The number of rotatable bonds is 6. The second-order valence-electron chi connectivity index (χ2n) is 7.80. The van der Waals surface area contributed by atoms with Crippen LogP contribution in [-0.2, 0) is 4.79 Å². The molecule has 0 amide bonds. The van der Waals surface area contributed by atoms with E-state index in [-0.39, 0.29) is 12.0 Å². The standard InChI is InChI=1S/C25H26ClNO3/c1-2-30-23-12-11-21(26)15-22(23)24(27-13-5-8-20(16-27)25(28)29)19-10-9-17-6-3-4-7-18(17)14-19/h3-4,6-7,9-12,14-15,20,24H,2,5,8,13,16H2,1H3,(H,28,29). The highest BCUT2D eigenvalue weighted by molar-refractivity contribution is 6.30. The zero-order chi connectivity index (χ0) is 21.1. The monoisotopic (exact) mass is 423 g/mol. The summed E-state index contributed by atoms with van der Waals surface area (Å²) in [4.78, 5) is 14.0. The third-order valence-electron chi connectivity index (χ3n) is 5.82. The van der Waals surface area contributed by atoms with Crippen LogP contribution in [0.2, 0.25) is 5.02 Å². The van der Waals surface area contributed by atoms with Gasteiger partial charge < -0.3 is 9.84 Å². The van der Waals surface area contributed by atoms with E-state index in [0.717, 1.165) is 35.2 Å². The molecule has 1 saturated heterocycles. The van der Waals surface area contributed by atoms with Crippen LogP contribution in [0.15, 0.2) is 60.7 Å². The molecule has 0 radical (unpaired) electrons. The van der Waals surface area contributed by atoms with Crippen LogP contribution >= 0.6 is 11.6 Å². The van der Waals surface area contributed by atoms with E-state index >= 15 is 0 Å². The van der Waals surface area contributed by atoms with Gasteiger partial charge in [0.1, 0.15) is 5.75 Å². The SMILES string of the molecule is CCOc1ccc(Cl)cc1C(c1ccc2ccccc2c1)N1CCCC(C(=O)O)C1. The molecule has 0 aliphatic carbocycles. The number of ether oxygens (including phenoxy) is 1. The molecule has 0 aromatic heterocycles. The third kappa shape index (κ3) is 4.30. The summed E-state index contributed by atoms with van der Waals surface area (Å²) in [7, 11) is 0. The zero-order valence-corrected chi connectivity index (χ0v) is 17.8. The summed E-state index contributed by atoms with van der Waals surface area (Å²) in [5.74, 6) is -0.304. The van der Waals surface area contributed by atoms with Gasteiger partial charge in [0.05, 0.1) is 18.6 Å². The van der Waals surface area contributed by atoms with Crippen molar-refractivity contribution in [2.24, 2.45) is 5.92 Å². The largest absolute Gasteiger partial charge is 0.494 e. The van der Waals surface area contributed by atoms with Gasteiger partial charge in [0.25, 0.3) is 0 Å². The van der Waals surface area contributed by atoms with Gasteiger partial charge in [0.15, 0.2) is 0 Å². The summed E-state index contributed by atoms with van der Waals surface area (Å²) >= 11 is 6.39. The fraction of sp³-hybridized carbons (Fsp3) is 0.320. The maximum atomic E-state index is 11.7. The van der Waals surface area contributed by atoms with Crippen LogP contribution in [0.4, 0.5) is 0 Å². The summed E-state index contributed by atoms with van der Waals surface area (Å²) < 4.78 is 5.95. The molecule has 1 heterocycles. The van der Waals surface area contributed by atoms with Crippen molar-refractivity contribution < 1.29 is 14.6 Å². The highest BCUT2D eigenvalue weighted by Crippen LogP contribution is 2.39. The van der Waals surface area contributed by atoms with Gasteiger partial charge in [-0.15, -0.1) is 0 Å². The van der Waals surface area contributed by atoms with Crippen LogP contribution in [0, 0.1) is 5.92 Å². The van der Waals surface area contributed by atoms with Crippen molar-refractivity contribution in [1.82, 2.24) is 4.90 Å². The first-order valence-corrected chi connectivity index (χ1v) is 10.8. The van der Waals surface area contributed by atoms with Crippen LogP contribution < -0.4 is 4.74 Å². The molecule has 3 aromatic rings. The van der Waals surface area contributed by atoms with E-state index in [9.17, 15) is 9.90 Å². The number of likely N-dealkylation sites (tertiary alicyclic amines) is 1. The number of aliphatic carboxylic acids is 1. The fourth-order valence-electron chi connectivity index (χ4n) is 4.43. The number of hydrogen-bond donors (Lipinski definition) is 1. The van der Waals surface area contributed by atoms with Gasteiger partial charge >= 0.3 is 5.97 Å². The van der Waals surface area contributed by atoms with Gasteiger partial charge in [0, 0.05) is 17.1 Å². The molecule has 0 spiro atoms. The average molecular weight is 424 g/mol. The lowest BCUT2D eigenvalue weighted by Crippen LogP contribution is -2.41. The van der Waals surface area contributed by atoms with Crippen molar-refractivity contribution in [2.75, 3.05) is 19.7 Å². The number of carboxylic acid groups (broad SMARTS) is 1. The number of benzene rings is 3. The van der Waals surface area contributed by atoms with Gasteiger partial charge in [-0.1, -0.05) is 48.0 Å². The number of carbonyl (C=O) groups is 1. The van der Waals surface area contributed by atoms with E-state index < -0.39 is 5.97 Å². The molecule has 0 bridgehead atoms. The number of hydrogen-bond acceptors (Lipinski definition) is 3. The Morgan fingerprint density at radius 1 is 1.17 bits per heavy atom. The van der Waals surface area contributed by atoms with Gasteiger partial charge in [-0.2, -0.15) is 0 Å². The van der Waals surface area contributed by atoms with Gasteiger partial charge in [-0.25, -0.2) is 0 Å². The highest BCUT2D eigenvalue weighted by Gasteiger charge is 2.33. The van der Waals surface area contributed by atoms with Crippen LogP contribution in [0.5, 0.6) is 5.75 Å². The lowest BCUT2D eigenvalue weighted by molar-refractivity contribution is -0.143. The first-order valence-electron chi connectivity index (χ1n) is 10.4. The number of fused-ring (bicyclic) bond motifs is 1. The van der Waals surface area contributed by atoms with Gasteiger partial charge in [0.2, 0.25) is 0 Å². The molecule has 5 heteroatoms. The topological polar surface area (TPSA) is 49.8 Å². The Bertz CT molecular complexity index is 1050. The lowest BCUT2D eigenvalue weighted by atomic mass is 9.90. The Morgan fingerprint density at radius 2 is 1.97 bits per heavy atom. The van der Waals surface area contributed by atoms with Gasteiger partial charge in [-0.3, -0.25) is 9.69 Å². The Balaban J connectivity index is 1.84. The fourth-order valence-corrected chi connectivity index (χ4v) is 4.61. The second kappa shape index (κ2) is 9.07. The van der Waals surface area contributed by atoms with Crippen molar-refractivity contribution in [3.63, 3.8) is 0 Å². The normalized spacial score (nSPS) is 18.3. The van der Waals surface area contributed by atoms with Crippen molar-refractivity contribution >= 4 is 28.3 Å². The molecule has 4 nitrogen and oxygen atoms in total. The molecule has 30 heavy (non-hydrogen) atoms. The summed E-state index contributed by atoms with van der Waals surface area (Å²) in [5.41, 5.74) is 2.09. The van der Waals surface area contributed by atoms with E-state index in [1.54, 1.807) is 0 Å². The number of carboxylic acids is 1. The van der Waals surface area contributed by atoms with E-state index in [0.29, 0.717) is 24.6 Å². The molecule has 156 valence electrons. The highest BCUT2D eigenvalue weighted by atomic mass is 35.5. The minimum Gasteiger partial charge on any atom is -0.494 e. The maximum absolute atomic E-state index is 11.7. The van der Waals surface area contributed by atoms with E-state index in [1.165, 1.54) is 5.39 Å². The predicted octanol–water partition coefficient (Wildman–Crippen LogP) is 5.78. The molecule has 2 atom stereocenters. The predicted molar refractivity (Wildman–Crippen MR) is 120 cm³/mol. The quantitative estimate of drug-likeness (QED) is 0.546. The molecule has 2 unspecified atom stereocenters. The minimum atomic E-state index is -0.729. The zero-order valence-electron chi connectivity index (χ0n) is 17.1. The van der Waals surface area contributed by atoms with Crippen LogP contribution in [0.1, 0.15) is 36.9 Å². The van der Waals surface area contributed by atoms with Crippen LogP contribution in [0.3, 0.4) is 0 Å². The lowest BCUT2D eigenvalue weighted by Gasteiger charge is -2.38. The second-order valence-corrected chi connectivity index (χ2v) is 8.23. The molecule has 4 rings (SSSR count). The maximum Gasteiger partial charge on any atom is 0.307 e. The molecule has 1 N–H and O–H groups in total. The summed E-state index contributed by atoms with van der Waals surface area (Å²) in [6.07, 6.45) is 1.57. The van der Waals surface area contributed by atoms with E-state index in [4.69, 9.17) is 16.3 Å². The van der Waals surface area contributed by atoms with Crippen LogP contribution in [-0.4, -0.2) is 35.7 Å². The molecule has 1 fully saturated rings. The third-order valence-corrected chi connectivity index (χ3v) is 6.06. The number of halogens is 1. The van der Waals surface area contributed by atoms with Crippen molar-refractivity contribution in [2.45, 2.75) is 25.8 Å². The Labute approximate surface area is 182 Å². The van der Waals surface area contributed by atoms with E-state index in [2.05, 4.69) is 35.2 Å². The Hall–Kier alpha value is -2.56. The summed E-state index contributed by atoms with van der Waals surface area (Å²) in [5, 5.41) is 12.6. The van der Waals surface area contributed by atoms with E-state index in [1.807, 2.05) is 37.3 Å². The Kier molecular flexibility index (Phi) is 6.26. The van der Waals surface area contributed by atoms with Gasteiger partial charge in [-0.05, 0) is 66.9 Å². The molecular weight excluding hydrogens is 398 g/mol. The molecule has 0 saturated carbocycles. The first-order chi connectivity index (χ1) is 14.6. The van der Waals surface area contributed by atoms with Crippen molar-refractivity contribution in [1.29, 1.82) is 0 Å². The summed E-state index contributed by atoms with van der Waals surface area (Å²) in [6.45, 7) is 3.85. The minimum absolute atomic E-state index is 0.128. The van der Waals surface area contributed by atoms with Crippen LogP contribution in [0.25, 0.3) is 10.8 Å². The first kappa shape index (κ1) is 20.7. The molecule has 1 aliphatic rings. The molecule has 3 aromatic carbocycles. The molecule has 1 aliphatic heterocycles. The summed E-state index contributed by atoms with van der Waals surface area (Å²) in [6, 6.07) is 20.3. The van der Waals surface area contributed by atoms with Crippen molar-refractivity contribution in [3.05, 3.63) is 76.8 Å². The smallest absolute Gasteiger partial charge is 0.307 e. The Morgan fingerprint density at radius 3 is 2.73 bits per heavy atom. The number of nitrogens with zero attached hydrogens (tertiary/aromatic N) is 1. The van der Waals surface area contributed by atoms with Crippen molar-refractivity contribution in [3.8, 4) is 5.75 Å². The molecular formula is C25H26ClNO3.